The lowest BCUT2D eigenvalue weighted by Gasteiger charge is -2.25. The number of hydrogen-bond donors (Lipinski definition) is 1. The van der Waals surface area contributed by atoms with Crippen molar-refractivity contribution in [1.82, 2.24) is 14.5 Å². The van der Waals surface area contributed by atoms with Gasteiger partial charge in [-0.3, -0.25) is 19.0 Å². The van der Waals surface area contributed by atoms with Crippen molar-refractivity contribution in [2.24, 2.45) is 0 Å². The van der Waals surface area contributed by atoms with E-state index in [1.165, 1.54) is 28.9 Å². The molecule has 4 aromatic rings. The number of anilines is 1. The van der Waals surface area contributed by atoms with E-state index in [-0.39, 0.29) is 22.9 Å². The van der Waals surface area contributed by atoms with Gasteiger partial charge in [0.05, 0.1) is 23.4 Å². The number of para-hydroxylation sites is 1. The average Bonchev–Trinajstić information content (AvgIpc) is 3.23. The number of rotatable bonds is 5. The molecule has 190 valence electrons. The van der Waals surface area contributed by atoms with Crippen molar-refractivity contribution in [3.05, 3.63) is 80.5 Å². The standard InChI is InChI=1S/C26H22F2N4O3S2/c1-14-5-3-4-6-20(14)32-25(35)23-17-9-10-31(15(2)33)12-21(17)37-24(23)30-26(32)36-13-22(34)29-16-7-8-18(27)19(28)11-16/h3-8,11H,9-10,12-13H2,1-2H3,(H,29,34). The number of aryl methyl sites for hydroxylation is 1. The number of hydrogen-bond acceptors (Lipinski definition) is 6. The zero-order valence-electron chi connectivity index (χ0n) is 20.0. The van der Waals surface area contributed by atoms with Crippen LogP contribution in [0.2, 0.25) is 0 Å². The fourth-order valence-electron chi connectivity index (χ4n) is 4.32. The summed E-state index contributed by atoms with van der Waals surface area (Å²) in [7, 11) is 0. The normalized spacial score (nSPS) is 13.0. The van der Waals surface area contributed by atoms with Crippen molar-refractivity contribution < 1.29 is 18.4 Å². The second-order valence-corrected chi connectivity index (χ2v) is 10.7. The van der Waals surface area contributed by atoms with Crippen LogP contribution in [0, 0.1) is 18.6 Å². The van der Waals surface area contributed by atoms with Crippen LogP contribution in [0.15, 0.2) is 52.4 Å². The van der Waals surface area contributed by atoms with E-state index in [1.807, 2.05) is 31.2 Å². The van der Waals surface area contributed by atoms with Crippen LogP contribution >= 0.6 is 23.1 Å². The third-order valence-electron chi connectivity index (χ3n) is 6.18. The topological polar surface area (TPSA) is 84.3 Å². The number of nitrogens with zero attached hydrogens (tertiary/aromatic N) is 3. The minimum absolute atomic E-state index is 0.0170. The molecule has 1 N–H and O–H groups in total. The van der Waals surface area contributed by atoms with Crippen LogP contribution in [0.25, 0.3) is 15.9 Å². The van der Waals surface area contributed by atoms with Gasteiger partial charge in [-0.2, -0.15) is 0 Å². The van der Waals surface area contributed by atoms with Crippen molar-refractivity contribution in [3.63, 3.8) is 0 Å². The number of thiophene rings is 1. The molecule has 5 rings (SSSR count). The van der Waals surface area contributed by atoms with Gasteiger partial charge in [-0.15, -0.1) is 11.3 Å². The van der Waals surface area contributed by atoms with Crippen molar-refractivity contribution in [2.75, 3.05) is 17.6 Å². The molecule has 1 aliphatic rings. The molecule has 0 saturated heterocycles. The molecule has 11 heteroatoms. The van der Waals surface area contributed by atoms with Gasteiger partial charge >= 0.3 is 0 Å². The quantitative estimate of drug-likeness (QED) is 0.294. The number of nitrogens with one attached hydrogen (secondary N) is 1. The molecule has 0 aliphatic carbocycles. The second kappa shape index (κ2) is 10.1. The lowest BCUT2D eigenvalue weighted by atomic mass is 10.1. The maximum atomic E-state index is 13.9. The molecular weight excluding hydrogens is 518 g/mol. The predicted molar refractivity (Wildman–Crippen MR) is 140 cm³/mol. The highest BCUT2D eigenvalue weighted by molar-refractivity contribution is 7.99. The molecule has 0 saturated carbocycles. The van der Waals surface area contributed by atoms with E-state index in [4.69, 9.17) is 4.98 Å². The van der Waals surface area contributed by atoms with Gasteiger partial charge in [0.1, 0.15) is 4.83 Å². The average molecular weight is 541 g/mol. The van der Waals surface area contributed by atoms with Gasteiger partial charge in [-0.05, 0) is 42.7 Å². The number of thioether (sulfide) groups is 1. The third kappa shape index (κ3) is 4.88. The smallest absolute Gasteiger partial charge is 0.267 e. The van der Waals surface area contributed by atoms with E-state index in [0.717, 1.165) is 39.9 Å². The van der Waals surface area contributed by atoms with E-state index in [1.54, 1.807) is 4.90 Å². The van der Waals surface area contributed by atoms with E-state index < -0.39 is 17.5 Å². The molecule has 2 aromatic carbocycles. The molecule has 0 atom stereocenters. The van der Waals surface area contributed by atoms with Gasteiger partial charge in [0.2, 0.25) is 11.8 Å². The summed E-state index contributed by atoms with van der Waals surface area (Å²) >= 11 is 2.47. The molecule has 2 amide bonds. The van der Waals surface area contributed by atoms with Crippen LogP contribution in [-0.2, 0) is 22.6 Å². The maximum Gasteiger partial charge on any atom is 0.267 e. The summed E-state index contributed by atoms with van der Waals surface area (Å²) in [4.78, 5) is 46.5. The number of carbonyl (C=O) groups is 2. The summed E-state index contributed by atoms with van der Waals surface area (Å²) in [5, 5.41) is 3.43. The first-order valence-electron chi connectivity index (χ1n) is 11.5. The van der Waals surface area contributed by atoms with Gasteiger partial charge in [-0.25, -0.2) is 13.8 Å². The van der Waals surface area contributed by atoms with Crippen LogP contribution in [0.3, 0.4) is 0 Å². The molecule has 1 aliphatic heterocycles. The van der Waals surface area contributed by atoms with E-state index in [9.17, 15) is 23.2 Å². The highest BCUT2D eigenvalue weighted by atomic mass is 32.2. The lowest BCUT2D eigenvalue weighted by molar-refractivity contribution is -0.129. The van der Waals surface area contributed by atoms with Crippen molar-refractivity contribution in [2.45, 2.75) is 32.0 Å². The highest BCUT2D eigenvalue weighted by Gasteiger charge is 2.27. The summed E-state index contributed by atoms with van der Waals surface area (Å²) in [6, 6.07) is 10.5. The van der Waals surface area contributed by atoms with E-state index >= 15 is 0 Å². The minimum Gasteiger partial charge on any atom is -0.337 e. The minimum atomic E-state index is -1.06. The molecule has 0 fully saturated rings. The van der Waals surface area contributed by atoms with Crippen LogP contribution in [-0.4, -0.2) is 38.6 Å². The summed E-state index contributed by atoms with van der Waals surface area (Å²) in [5.41, 5.74) is 2.35. The van der Waals surface area contributed by atoms with Crippen LogP contribution in [0.5, 0.6) is 0 Å². The van der Waals surface area contributed by atoms with Gasteiger partial charge in [-0.1, -0.05) is 30.0 Å². The van der Waals surface area contributed by atoms with E-state index in [2.05, 4.69) is 5.32 Å². The highest BCUT2D eigenvalue weighted by Crippen LogP contribution is 2.34. The number of carbonyl (C=O) groups excluding carboxylic acids is 2. The Morgan fingerprint density at radius 2 is 1.95 bits per heavy atom. The van der Waals surface area contributed by atoms with Gasteiger partial charge in [0, 0.05) is 30.1 Å². The summed E-state index contributed by atoms with van der Waals surface area (Å²) in [5.74, 6) is -2.64. The fourth-order valence-corrected chi connectivity index (χ4v) is 6.40. The number of halogens is 2. The Labute approximate surface area is 219 Å². The monoisotopic (exact) mass is 540 g/mol. The van der Waals surface area contributed by atoms with Gasteiger partial charge < -0.3 is 10.2 Å². The first kappa shape index (κ1) is 25.1. The van der Waals surface area contributed by atoms with E-state index in [0.29, 0.717) is 40.6 Å². The summed E-state index contributed by atoms with van der Waals surface area (Å²) in [6.07, 6.45) is 0.572. The van der Waals surface area contributed by atoms with Crippen molar-refractivity contribution >= 4 is 50.8 Å². The molecule has 0 radical (unpaired) electrons. The zero-order valence-corrected chi connectivity index (χ0v) is 21.6. The molecule has 2 aromatic heterocycles. The van der Waals surface area contributed by atoms with Crippen molar-refractivity contribution in [3.8, 4) is 5.69 Å². The number of amides is 2. The maximum absolute atomic E-state index is 13.9. The van der Waals surface area contributed by atoms with Gasteiger partial charge in [0.15, 0.2) is 16.8 Å². The molecule has 0 bridgehead atoms. The summed E-state index contributed by atoms with van der Waals surface area (Å²) < 4.78 is 28.2. The SMILES string of the molecule is CC(=O)N1CCc2c(sc3nc(SCC(=O)Nc4ccc(F)c(F)c4)n(-c4ccccc4C)c(=O)c23)C1. The Morgan fingerprint density at radius 1 is 1.16 bits per heavy atom. The molecule has 7 nitrogen and oxygen atoms in total. The third-order valence-corrected chi connectivity index (χ3v) is 8.23. The molecular formula is C26H22F2N4O3S2. The number of benzene rings is 2. The molecule has 0 unspecified atom stereocenters. The number of aromatic nitrogens is 2. The Bertz CT molecular complexity index is 1620. The molecule has 0 spiro atoms. The lowest BCUT2D eigenvalue weighted by Crippen LogP contribution is -2.34. The Hall–Kier alpha value is -3.57. The largest absolute Gasteiger partial charge is 0.337 e. The van der Waals surface area contributed by atoms with Gasteiger partial charge in [0.25, 0.3) is 5.56 Å². The Morgan fingerprint density at radius 3 is 2.68 bits per heavy atom. The fraction of sp³-hybridized carbons (Fsp3) is 0.231. The van der Waals surface area contributed by atoms with Crippen LogP contribution in [0.1, 0.15) is 22.9 Å². The van der Waals surface area contributed by atoms with Crippen LogP contribution < -0.4 is 10.9 Å². The zero-order chi connectivity index (χ0) is 26.3. The first-order chi connectivity index (χ1) is 17.7. The molecule has 3 heterocycles. The predicted octanol–water partition coefficient (Wildman–Crippen LogP) is 4.67. The Kier molecular flexibility index (Phi) is 6.82. The number of fused-ring (bicyclic) bond motifs is 3. The Balaban J connectivity index is 1.53. The van der Waals surface area contributed by atoms with Crippen LogP contribution in [0.4, 0.5) is 14.5 Å². The summed E-state index contributed by atoms with van der Waals surface area (Å²) in [6.45, 7) is 4.40. The first-order valence-corrected chi connectivity index (χ1v) is 13.3. The second-order valence-electron chi connectivity index (χ2n) is 8.66. The molecule has 37 heavy (non-hydrogen) atoms. The van der Waals surface area contributed by atoms with Crippen molar-refractivity contribution in [1.29, 1.82) is 0 Å².